The zero-order valence-corrected chi connectivity index (χ0v) is 43.0. The van der Waals surface area contributed by atoms with Crippen LogP contribution in [-0.2, 0) is 22.6 Å². The van der Waals surface area contributed by atoms with E-state index in [9.17, 15) is 24.3 Å². The Morgan fingerprint density at radius 3 is 1.28 bits per heavy atom. The lowest BCUT2D eigenvalue weighted by molar-refractivity contribution is -0.0138. The summed E-state index contributed by atoms with van der Waals surface area (Å²) in [6.07, 6.45) is 3.33. The number of aromatic nitrogens is 4. The van der Waals surface area contributed by atoms with E-state index in [1.807, 2.05) is 103 Å². The van der Waals surface area contributed by atoms with Crippen molar-refractivity contribution < 1.29 is 33.8 Å². The zero-order chi connectivity index (χ0) is 52.1. The fraction of sp³-hybridized carbons (Fsp3) is 0.333. The number of benzene rings is 5. The molecule has 0 spiro atoms. The normalized spacial score (nSPS) is 17.8. The van der Waals surface area contributed by atoms with Gasteiger partial charge in [-0.3, -0.25) is 24.3 Å². The Bertz CT molecular complexity index is 3040. The summed E-state index contributed by atoms with van der Waals surface area (Å²) in [5, 5.41) is 9.71. The second-order valence-electron chi connectivity index (χ2n) is 21.6. The molecule has 2 aromatic heterocycles. The summed E-state index contributed by atoms with van der Waals surface area (Å²) in [4.78, 5) is 67.3. The molecule has 1 N–H and O–H groups in total. The molecule has 10 rings (SSSR count). The Labute approximate surface area is 433 Å². The van der Waals surface area contributed by atoms with Crippen LogP contribution in [0, 0.1) is 22.7 Å². The van der Waals surface area contributed by atoms with Gasteiger partial charge < -0.3 is 23.7 Å². The number of rotatable bonds is 13. The van der Waals surface area contributed by atoms with Crippen LogP contribution >= 0.6 is 0 Å². The lowest BCUT2D eigenvalue weighted by Gasteiger charge is -2.43. The van der Waals surface area contributed by atoms with E-state index in [0.29, 0.717) is 37.3 Å². The highest BCUT2D eigenvalue weighted by molar-refractivity contribution is 6.21. The van der Waals surface area contributed by atoms with Crippen molar-refractivity contribution >= 4 is 24.0 Å². The molecule has 0 saturated carbocycles. The van der Waals surface area contributed by atoms with E-state index < -0.39 is 17.6 Å². The summed E-state index contributed by atoms with van der Waals surface area (Å²) < 4.78 is 15.4. The number of aliphatic hydroxyl groups excluding tert-OH is 1. The molecule has 7 aromatic rings. The minimum Gasteiger partial charge on any atom is -0.449 e. The van der Waals surface area contributed by atoms with Crippen LogP contribution in [0.1, 0.15) is 97.1 Å². The Morgan fingerprint density at radius 2 is 0.892 bits per heavy atom. The maximum Gasteiger partial charge on any atom is 0.410 e. The fourth-order valence-electron chi connectivity index (χ4n) is 10.3. The SMILES string of the molecule is CC(C)(C)[C@H](c1nc(-c2ccccc2)cn1Cc1ccccc1)N1CC(CN2C(=O)c3ccccc3C2=O)COC1=O.CC(C)(C)[C@H](c1nc(-c2ccccc2)cn1Cc1ccccc1)N1CC(CO)COC1=O. The molecular weight excluding hydrogens is 931 g/mol. The average Bonchev–Trinajstić information content (AvgIpc) is 4.07. The molecule has 2 unspecified atom stereocenters. The highest BCUT2D eigenvalue weighted by atomic mass is 16.6. The molecule has 2 fully saturated rings. The predicted octanol–water partition coefficient (Wildman–Crippen LogP) is 10.8. The van der Waals surface area contributed by atoms with Crippen LogP contribution in [-0.4, -0.2) is 102 Å². The number of imide groups is 1. The molecule has 0 bridgehead atoms. The second kappa shape index (κ2) is 21.7. The number of nitrogens with zero attached hydrogens (tertiary/aromatic N) is 7. The maximum atomic E-state index is 13.4. The molecule has 74 heavy (non-hydrogen) atoms. The topological polar surface area (TPSA) is 152 Å². The third kappa shape index (κ3) is 11.2. The lowest BCUT2D eigenvalue weighted by Crippen LogP contribution is -2.52. The van der Waals surface area contributed by atoms with E-state index in [-0.39, 0.29) is 67.6 Å². The van der Waals surface area contributed by atoms with Gasteiger partial charge in [0.1, 0.15) is 11.6 Å². The molecule has 14 heteroatoms. The first-order valence-corrected chi connectivity index (χ1v) is 25.3. The van der Waals surface area contributed by atoms with Gasteiger partial charge in [-0.25, -0.2) is 19.6 Å². The Morgan fingerprint density at radius 1 is 0.527 bits per heavy atom. The van der Waals surface area contributed by atoms with E-state index in [1.165, 1.54) is 4.90 Å². The van der Waals surface area contributed by atoms with Crippen molar-refractivity contribution in [1.82, 2.24) is 33.8 Å². The number of ether oxygens (including phenoxy) is 2. The van der Waals surface area contributed by atoms with Gasteiger partial charge in [-0.1, -0.05) is 175 Å². The zero-order valence-electron chi connectivity index (χ0n) is 43.0. The summed E-state index contributed by atoms with van der Waals surface area (Å²) in [6, 6.07) is 46.6. The standard InChI is InChI=1S/C34H34N4O4.C26H31N3O3/c1-34(2,3)29(30-35-28(25-14-8-5-9-15-25)21-36(30)18-23-12-6-4-7-13-23)37-19-24(22-42-33(37)41)20-38-31(39)26-16-10-11-17-27(26)32(38)40;1-26(2,3)23(29-15-20(17-30)18-32-25(29)31)24-27-22(21-12-8-5-9-13-21)16-28(24)14-19-10-6-4-7-11-19/h4-17,21,24,29H,18-20,22H2,1-3H3;4-13,16,20,23,30H,14-15,17-18H2,1-3H3/t24?,29-;20?,23-/m00/s1. The third-order valence-electron chi connectivity index (χ3n) is 13.7. The molecular formula is C60H65N7O7. The van der Waals surface area contributed by atoms with Gasteiger partial charge in [-0.15, -0.1) is 0 Å². The van der Waals surface area contributed by atoms with Gasteiger partial charge in [0.15, 0.2) is 0 Å². The summed E-state index contributed by atoms with van der Waals surface area (Å²) in [5.41, 5.74) is 6.10. The van der Waals surface area contributed by atoms with Crippen LogP contribution in [0.15, 0.2) is 158 Å². The average molecular weight is 996 g/mol. The molecule has 3 aliphatic heterocycles. The molecule has 3 aliphatic rings. The molecule has 4 amide bonds. The van der Waals surface area contributed by atoms with Gasteiger partial charge in [0.05, 0.1) is 54.4 Å². The number of fused-ring (bicyclic) bond motifs is 1. The van der Waals surface area contributed by atoms with E-state index in [1.54, 1.807) is 34.1 Å². The first kappa shape index (κ1) is 51.1. The van der Waals surface area contributed by atoms with Crippen molar-refractivity contribution in [2.45, 2.75) is 66.7 Å². The Kier molecular flexibility index (Phi) is 15.0. The van der Waals surface area contributed by atoms with Crippen LogP contribution in [0.2, 0.25) is 0 Å². The third-order valence-corrected chi connectivity index (χ3v) is 13.7. The molecule has 0 aliphatic carbocycles. The maximum absolute atomic E-state index is 13.4. The number of hydrogen-bond acceptors (Lipinski definition) is 9. The van der Waals surface area contributed by atoms with Crippen LogP contribution < -0.4 is 0 Å². The molecule has 14 nitrogen and oxygen atoms in total. The number of cyclic esters (lactones) is 2. The summed E-state index contributed by atoms with van der Waals surface area (Å²) in [5.74, 6) is 0.596. The molecule has 4 atom stereocenters. The molecule has 382 valence electrons. The van der Waals surface area contributed by atoms with E-state index in [4.69, 9.17) is 19.4 Å². The monoisotopic (exact) mass is 995 g/mol. The van der Waals surface area contributed by atoms with Gasteiger partial charge in [0.25, 0.3) is 11.8 Å². The predicted molar refractivity (Wildman–Crippen MR) is 283 cm³/mol. The van der Waals surface area contributed by atoms with Gasteiger partial charge in [0.2, 0.25) is 0 Å². The molecule has 5 aromatic carbocycles. The Hall–Kier alpha value is -7.84. The van der Waals surface area contributed by atoms with E-state index >= 15 is 0 Å². The largest absolute Gasteiger partial charge is 0.449 e. The first-order valence-electron chi connectivity index (χ1n) is 25.3. The first-order chi connectivity index (χ1) is 35.6. The Balaban J connectivity index is 0.000000189. The minimum absolute atomic E-state index is 0.0195. The summed E-state index contributed by atoms with van der Waals surface area (Å²) in [6.45, 7) is 15.1. The summed E-state index contributed by atoms with van der Waals surface area (Å²) in [7, 11) is 0. The second-order valence-corrected chi connectivity index (χ2v) is 21.6. The van der Waals surface area contributed by atoms with Crippen molar-refractivity contribution in [3.05, 3.63) is 192 Å². The van der Waals surface area contributed by atoms with Gasteiger partial charge in [-0.05, 0) is 34.1 Å². The van der Waals surface area contributed by atoms with Crippen LogP contribution in [0.25, 0.3) is 22.5 Å². The van der Waals surface area contributed by atoms with Crippen LogP contribution in [0.4, 0.5) is 9.59 Å². The number of aliphatic hydroxyl groups is 1. The smallest absolute Gasteiger partial charge is 0.410 e. The van der Waals surface area contributed by atoms with Crippen LogP contribution in [0.5, 0.6) is 0 Å². The van der Waals surface area contributed by atoms with Gasteiger partial charge in [-0.2, -0.15) is 0 Å². The van der Waals surface area contributed by atoms with Crippen molar-refractivity contribution in [3.63, 3.8) is 0 Å². The molecule has 0 radical (unpaired) electrons. The molecule has 2 saturated heterocycles. The number of hydrogen-bond donors (Lipinski definition) is 1. The quantitative estimate of drug-likeness (QED) is 0.111. The van der Waals surface area contributed by atoms with E-state index in [0.717, 1.165) is 45.3 Å². The highest BCUT2D eigenvalue weighted by Crippen LogP contribution is 2.42. The number of carbonyl (C=O) groups is 4. The lowest BCUT2D eigenvalue weighted by atomic mass is 9.84. The van der Waals surface area contributed by atoms with Gasteiger partial charge in [0, 0.05) is 68.1 Å². The minimum atomic E-state index is -0.434. The number of carbonyl (C=O) groups excluding carboxylic acids is 4. The van der Waals surface area contributed by atoms with Crippen molar-refractivity contribution in [1.29, 1.82) is 0 Å². The van der Waals surface area contributed by atoms with E-state index in [2.05, 4.69) is 81.1 Å². The van der Waals surface area contributed by atoms with Crippen molar-refractivity contribution in [3.8, 4) is 22.5 Å². The highest BCUT2D eigenvalue weighted by Gasteiger charge is 2.45. The molecule has 5 heterocycles. The number of imidazole rings is 2. The number of amides is 4. The van der Waals surface area contributed by atoms with Crippen molar-refractivity contribution in [2.24, 2.45) is 22.7 Å². The van der Waals surface area contributed by atoms with Crippen LogP contribution in [0.3, 0.4) is 0 Å². The summed E-state index contributed by atoms with van der Waals surface area (Å²) >= 11 is 0. The van der Waals surface area contributed by atoms with Crippen molar-refractivity contribution in [2.75, 3.05) is 39.5 Å². The van der Waals surface area contributed by atoms with Gasteiger partial charge >= 0.3 is 12.2 Å². The fourth-order valence-corrected chi connectivity index (χ4v) is 10.3.